The maximum Gasteiger partial charge on any atom is 0.163 e. The van der Waals surface area contributed by atoms with Crippen molar-refractivity contribution in [2.75, 3.05) is 0 Å². The summed E-state index contributed by atoms with van der Waals surface area (Å²) in [5.41, 5.74) is 8.70. The molecule has 0 radical (unpaired) electrons. The fourth-order valence-electron chi connectivity index (χ4n) is 3.24. The van der Waals surface area contributed by atoms with Crippen LogP contribution < -0.4 is 0 Å². The van der Waals surface area contributed by atoms with Gasteiger partial charge in [-0.05, 0) is 39.6 Å². The van der Waals surface area contributed by atoms with Crippen LogP contribution in [-0.4, -0.2) is 42.0 Å². The summed E-state index contributed by atoms with van der Waals surface area (Å²) in [6, 6.07) is -0.282. The Morgan fingerprint density at radius 1 is 0.947 bits per heavy atom. The van der Waals surface area contributed by atoms with Gasteiger partial charge >= 0.3 is 0 Å². The molecule has 0 aromatic heterocycles. The second-order valence-corrected chi connectivity index (χ2v) is 6.21. The van der Waals surface area contributed by atoms with Gasteiger partial charge in [0.25, 0.3) is 0 Å². The van der Waals surface area contributed by atoms with Crippen LogP contribution in [0.15, 0.2) is 5.11 Å². The molecule has 0 spiro atoms. The Balaban J connectivity index is 1.90. The summed E-state index contributed by atoms with van der Waals surface area (Å²) in [6.07, 6.45) is -0.231. The molecule has 1 aliphatic carbocycles. The lowest BCUT2D eigenvalue weighted by molar-refractivity contribution is -0.175. The van der Waals surface area contributed by atoms with Crippen molar-refractivity contribution in [3.05, 3.63) is 10.4 Å². The van der Waals surface area contributed by atoms with Gasteiger partial charge in [0.15, 0.2) is 11.6 Å². The van der Waals surface area contributed by atoms with Crippen molar-refractivity contribution >= 4 is 0 Å². The highest BCUT2D eigenvalue weighted by atomic mass is 16.8. The van der Waals surface area contributed by atoms with Crippen LogP contribution >= 0.6 is 0 Å². The van der Waals surface area contributed by atoms with Crippen LogP contribution in [0.25, 0.3) is 10.4 Å². The summed E-state index contributed by atoms with van der Waals surface area (Å²) in [5.74, 6) is -1.33. The maximum atomic E-state index is 8.70. The van der Waals surface area contributed by atoms with Crippen molar-refractivity contribution in [3.63, 3.8) is 0 Å². The summed E-state index contributed by atoms with van der Waals surface area (Å²) in [7, 11) is 0. The third-order valence-corrected chi connectivity index (χ3v) is 3.76. The number of hydrogen-bond acceptors (Lipinski definition) is 5. The van der Waals surface area contributed by atoms with E-state index in [9.17, 15) is 0 Å². The summed E-state index contributed by atoms with van der Waals surface area (Å²) >= 11 is 0. The van der Waals surface area contributed by atoms with Crippen molar-refractivity contribution in [2.24, 2.45) is 5.11 Å². The molecule has 7 nitrogen and oxygen atoms in total. The molecule has 0 N–H and O–H groups in total. The Kier molecular flexibility index (Phi) is 2.82. The van der Waals surface area contributed by atoms with Gasteiger partial charge in [0.2, 0.25) is 0 Å². The van der Waals surface area contributed by atoms with E-state index in [0.717, 1.165) is 0 Å². The lowest BCUT2D eigenvalue weighted by Crippen LogP contribution is -2.52. The molecule has 2 aliphatic heterocycles. The van der Waals surface area contributed by atoms with E-state index < -0.39 is 11.6 Å². The van der Waals surface area contributed by atoms with E-state index in [-0.39, 0.29) is 30.5 Å². The predicted octanol–water partition coefficient (Wildman–Crippen LogP) is 2.11. The Morgan fingerprint density at radius 2 is 1.53 bits per heavy atom. The molecule has 3 fully saturated rings. The van der Waals surface area contributed by atoms with E-state index >= 15 is 0 Å². The molecule has 0 bridgehead atoms. The van der Waals surface area contributed by atoms with Gasteiger partial charge in [-0.25, -0.2) is 0 Å². The number of hydrogen-bond donors (Lipinski definition) is 0. The molecular formula is C12H19N3O4. The lowest BCUT2D eigenvalue weighted by Gasteiger charge is -2.34. The normalized spacial score (nSPS) is 46.2. The monoisotopic (exact) mass is 269 g/mol. The number of ether oxygens (including phenoxy) is 4. The molecule has 5 atom stereocenters. The van der Waals surface area contributed by atoms with Crippen LogP contribution in [0.2, 0.25) is 0 Å². The number of azide groups is 1. The van der Waals surface area contributed by atoms with Crippen LogP contribution in [-0.2, 0) is 18.9 Å². The highest BCUT2D eigenvalue weighted by molar-refractivity contribution is 5.05. The minimum Gasteiger partial charge on any atom is -0.344 e. The van der Waals surface area contributed by atoms with Gasteiger partial charge in [0.1, 0.15) is 12.2 Å². The van der Waals surface area contributed by atoms with Crippen LogP contribution in [0.3, 0.4) is 0 Å². The molecule has 2 saturated heterocycles. The van der Waals surface area contributed by atoms with Crippen LogP contribution in [0.1, 0.15) is 34.1 Å². The summed E-state index contributed by atoms with van der Waals surface area (Å²) < 4.78 is 23.6. The molecule has 106 valence electrons. The zero-order valence-corrected chi connectivity index (χ0v) is 11.6. The SMILES string of the molecule is CC1(C)O[C@H]2[C@@H](O1)[C@@H](N=[N+]=[N-])C[C@H]1OC(C)(C)O[C@H]21. The summed E-state index contributed by atoms with van der Waals surface area (Å²) in [5, 5.41) is 3.84. The predicted molar refractivity (Wildman–Crippen MR) is 65.2 cm³/mol. The van der Waals surface area contributed by atoms with E-state index in [1.54, 1.807) is 0 Å². The molecule has 0 amide bonds. The van der Waals surface area contributed by atoms with E-state index in [0.29, 0.717) is 6.42 Å². The molecule has 0 aromatic carbocycles. The third-order valence-electron chi connectivity index (χ3n) is 3.76. The van der Waals surface area contributed by atoms with Gasteiger partial charge in [-0.3, -0.25) is 0 Å². The largest absolute Gasteiger partial charge is 0.344 e. The standard InChI is InChI=1S/C12H19N3O4/c1-11(2)16-7-5-6(14-15-13)8-10(9(7)18-11)19-12(3,4)17-8/h6-10H,5H2,1-4H3/t6-,7+,8-,9-,10-/m0/s1. The Labute approximate surface area is 111 Å². The fraction of sp³-hybridized carbons (Fsp3) is 1.00. The smallest absolute Gasteiger partial charge is 0.163 e. The van der Waals surface area contributed by atoms with Gasteiger partial charge in [0, 0.05) is 4.91 Å². The first-order valence-electron chi connectivity index (χ1n) is 6.57. The minimum atomic E-state index is -0.691. The summed E-state index contributed by atoms with van der Waals surface area (Å²) in [4.78, 5) is 2.91. The van der Waals surface area contributed by atoms with E-state index in [1.807, 2.05) is 27.7 Å². The van der Waals surface area contributed by atoms with Crippen LogP contribution in [0.5, 0.6) is 0 Å². The highest BCUT2D eigenvalue weighted by Crippen LogP contribution is 2.45. The topological polar surface area (TPSA) is 85.7 Å². The van der Waals surface area contributed by atoms with E-state index in [1.165, 1.54) is 0 Å². The maximum absolute atomic E-state index is 8.70. The molecule has 2 heterocycles. The van der Waals surface area contributed by atoms with Gasteiger partial charge < -0.3 is 18.9 Å². The number of rotatable bonds is 1. The fourth-order valence-corrected chi connectivity index (χ4v) is 3.24. The van der Waals surface area contributed by atoms with Crippen LogP contribution in [0, 0.1) is 0 Å². The van der Waals surface area contributed by atoms with E-state index in [2.05, 4.69) is 10.0 Å². The first-order valence-corrected chi connectivity index (χ1v) is 6.57. The average molecular weight is 269 g/mol. The van der Waals surface area contributed by atoms with Crippen molar-refractivity contribution in [2.45, 2.75) is 76.1 Å². The minimum absolute atomic E-state index is 0.121. The molecule has 3 aliphatic rings. The zero-order chi connectivity index (χ0) is 13.8. The van der Waals surface area contributed by atoms with Gasteiger partial charge in [-0.2, -0.15) is 0 Å². The van der Waals surface area contributed by atoms with Gasteiger partial charge in [-0.1, -0.05) is 5.11 Å². The Hall–Kier alpha value is -0.850. The quantitative estimate of drug-likeness (QED) is 0.414. The summed E-state index contributed by atoms with van der Waals surface area (Å²) in [6.45, 7) is 7.47. The van der Waals surface area contributed by atoms with Crippen molar-refractivity contribution in [3.8, 4) is 0 Å². The molecule has 0 unspecified atom stereocenters. The molecule has 3 rings (SSSR count). The first kappa shape index (κ1) is 13.1. The molecule has 7 heteroatoms. The molecule has 19 heavy (non-hydrogen) atoms. The second kappa shape index (κ2) is 4.07. The van der Waals surface area contributed by atoms with Crippen LogP contribution in [0.4, 0.5) is 0 Å². The Morgan fingerprint density at radius 3 is 2.21 bits per heavy atom. The van der Waals surface area contributed by atoms with Crippen molar-refractivity contribution in [1.82, 2.24) is 0 Å². The second-order valence-electron chi connectivity index (χ2n) is 6.21. The van der Waals surface area contributed by atoms with Crippen molar-refractivity contribution in [1.29, 1.82) is 0 Å². The van der Waals surface area contributed by atoms with Gasteiger partial charge in [0.05, 0.1) is 18.2 Å². The lowest BCUT2D eigenvalue weighted by atomic mass is 9.86. The molecule has 1 saturated carbocycles. The van der Waals surface area contributed by atoms with E-state index in [4.69, 9.17) is 24.5 Å². The third kappa shape index (κ3) is 2.22. The molecular weight excluding hydrogens is 250 g/mol. The highest BCUT2D eigenvalue weighted by Gasteiger charge is 2.59. The molecule has 0 aromatic rings. The Bertz CT molecular complexity index is 433. The zero-order valence-electron chi connectivity index (χ0n) is 11.6. The first-order chi connectivity index (χ1) is 8.81. The van der Waals surface area contributed by atoms with Crippen molar-refractivity contribution < 1.29 is 18.9 Å². The average Bonchev–Trinajstić information content (AvgIpc) is 2.74. The van der Waals surface area contributed by atoms with Gasteiger partial charge in [-0.15, -0.1) is 0 Å². The number of nitrogens with zero attached hydrogens (tertiary/aromatic N) is 3. The number of fused-ring (bicyclic) bond motifs is 3.